The first-order valence-corrected chi connectivity index (χ1v) is 10.9. The number of carbonyl (C=O) groups is 1. The number of hydrogen-bond donors (Lipinski definition) is 1. The van der Waals surface area contributed by atoms with Gasteiger partial charge in [0.05, 0.1) is 16.1 Å². The van der Waals surface area contributed by atoms with E-state index < -0.39 is 0 Å². The molecule has 0 bridgehead atoms. The summed E-state index contributed by atoms with van der Waals surface area (Å²) in [5.41, 5.74) is 5.35. The van der Waals surface area contributed by atoms with Crippen molar-refractivity contribution in [1.29, 1.82) is 0 Å². The van der Waals surface area contributed by atoms with E-state index in [-0.39, 0.29) is 12.1 Å². The number of nitrogens with one attached hydrogen (secondary N) is 1. The Morgan fingerprint density at radius 2 is 1.80 bits per heavy atom. The van der Waals surface area contributed by atoms with Crippen LogP contribution in [0.15, 0.2) is 66.7 Å². The fraction of sp³-hybridized carbons (Fsp3) is 0.240. The van der Waals surface area contributed by atoms with E-state index in [1.54, 1.807) is 6.07 Å². The van der Waals surface area contributed by atoms with Gasteiger partial charge in [0.2, 0.25) is 0 Å². The smallest absolute Gasteiger partial charge is 0.313 e. The highest BCUT2D eigenvalue weighted by Gasteiger charge is 2.29. The number of halogens is 2. The fourth-order valence-electron chi connectivity index (χ4n) is 4.11. The summed E-state index contributed by atoms with van der Waals surface area (Å²) in [6.45, 7) is 2.45. The third-order valence-corrected chi connectivity index (χ3v) is 6.44. The van der Waals surface area contributed by atoms with Crippen LogP contribution in [-0.2, 0) is 13.0 Å². The van der Waals surface area contributed by atoms with Gasteiger partial charge < -0.3 is 10.2 Å². The Bertz CT molecular complexity index is 1070. The van der Waals surface area contributed by atoms with E-state index in [4.69, 9.17) is 23.2 Å². The molecular weight excluding hydrogens is 415 g/mol. The van der Waals surface area contributed by atoms with Gasteiger partial charge in [-0.15, -0.1) is 0 Å². The van der Waals surface area contributed by atoms with Crippen molar-refractivity contribution in [3.8, 4) is 0 Å². The third kappa shape index (κ3) is 4.48. The zero-order valence-electron chi connectivity index (χ0n) is 16.9. The van der Waals surface area contributed by atoms with Gasteiger partial charge in [-0.1, -0.05) is 71.7 Å². The van der Waals surface area contributed by atoms with E-state index in [0.717, 1.165) is 36.1 Å². The highest BCUT2D eigenvalue weighted by atomic mass is 35.5. The molecule has 3 nitrogen and oxygen atoms in total. The van der Waals surface area contributed by atoms with Crippen LogP contribution in [0.5, 0.6) is 0 Å². The fourth-order valence-corrected chi connectivity index (χ4v) is 4.43. The van der Waals surface area contributed by atoms with Gasteiger partial charge in [-0.2, -0.15) is 0 Å². The largest absolute Gasteiger partial charge is 0.322 e. The minimum atomic E-state index is -0.114. The van der Waals surface area contributed by atoms with Gasteiger partial charge in [-0.3, -0.25) is 0 Å². The molecule has 0 aromatic heterocycles. The van der Waals surface area contributed by atoms with E-state index in [9.17, 15) is 4.79 Å². The molecule has 5 heteroatoms. The van der Waals surface area contributed by atoms with Gasteiger partial charge in [0.15, 0.2) is 0 Å². The predicted octanol–water partition coefficient (Wildman–Crippen LogP) is 7.41. The normalized spacial score (nSPS) is 15.4. The SMILES string of the molecule is Cc1ccccc1NC(=O)N(Cc1ccc(Cl)c(Cl)c1)C1CCCc2ccccc21. The number of anilines is 1. The number of fused-ring (bicyclic) bond motifs is 1. The van der Waals surface area contributed by atoms with Gasteiger partial charge in [0.1, 0.15) is 0 Å². The number of nitrogens with zero attached hydrogens (tertiary/aromatic N) is 1. The van der Waals surface area contributed by atoms with E-state index in [1.165, 1.54) is 11.1 Å². The number of amides is 2. The van der Waals surface area contributed by atoms with Crippen LogP contribution in [0, 0.1) is 6.92 Å². The van der Waals surface area contributed by atoms with Crippen molar-refractivity contribution in [3.63, 3.8) is 0 Å². The molecule has 1 aliphatic carbocycles. The summed E-state index contributed by atoms with van der Waals surface area (Å²) in [7, 11) is 0. The molecule has 0 saturated carbocycles. The number of benzene rings is 3. The molecule has 0 aliphatic heterocycles. The first-order chi connectivity index (χ1) is 14.5. The Kier molecular flexibility index (Phi) is 6.31. The van der Waals surface area contributed by atoms with Crippen LogP contribution in [0.3, 0.4) is 0 Å². The van der Waals surface area contributed by atoms with Crippen LogP contribution in [0.4, 0.5) is 10.5 Å². The van der Waals surface area contributed by atoms with Gasteiger partial charge in [-0.05, 0) is 66.6 Å². The zero-order chi connectivity index (χ0) is 21.1. The van der Waals surface area contributed by atoms with Crippen molar-refractivity contribution in [2.45, 2.75) is 38.8 Å². The Labute approximate surface area is 187 Å². The number of hydrogen-bond acceptors (Lipinski definition) is 1. The molecule has 30 heavy (non-hydrogen) atoms. The van der Waals surface area contributed by atoms with Crippen molar-refractivity contribution in [2.24, 2.45) is 0 Å². The number of carbonyl (C=O) groups excluding carboxylic acids is 1. The maximum absolute atomic E-state index is 13.5. The molecule has 1 N–H and O–H groups in total. The molecule has 4 rings (SSSR count). The molecular formula is C25H24Cl2N2O. The summed E-state index contributed by atoms with van der Waals surface area (Å²) >= 11 is 12.3. The average Bonchev–Trinajstić information content (AvgIpc) is 2.76. The van der Waals surface area contributed by atoms with Crippen LogP contribution in [0.1, 0.15) is 41.1 Å². The van der Waals surface area contributed by atoms with Crippen LogP contribution in [-0.4, -0.2) is 10.9 Å². The summed E-state index contributed by atoms with van der Waals surface area (Å²) in [6.07, 6.45) is 3.03. The van der Waals surface area contributed by atoms with E-state index in [1.807, 2.05) is 54.3 Å². The zero-order valence-corrected chi connectivity index (χ0v) is 18.4. The Morgan fingerprint density at radius 1 is 1.03 bits per heavy atom. The third-order valence-electron chi connectivity index (χ3n) is 5.70. The van der Waals surface area contributed by atoms with Crippen molar-refractivity contribution in [2.75, 3.05) is 5.32 Å². The first kappa shape index (κ1) is 20.8. The first-order valence-electron chi connectivity index (χ1n) is 10.2. The van der Waals surface area contributed by atoms with Crippen LogP contribution >= 0.6 is 23.2 Å². The van der Waals surface area contributed by atoms with Gasteiger partial charge in [-0.25, -0.2) is 4.79 Å². The molecule has 2 amide bonds. The van der Waals surface area contributed by atoms with Crippen molar-refractivity contribution in [3.05, 3.63) is 99.0 Å². The minimum Gasteiger partial charge on any atom is -0.313 e. The molecule has 1 aliphatic rings. The van der Waals surface area contributed by atoms with E-state index in [0.29, 0.717) is 16.6 Å². The molecule has 0 fully saturated rings. The molecule has 1 unspecified atom stereocenters. The van der Waals surface area contributed by atoms with Gasteiger partial charge in [0.25, 0.3) is 0 Å². The van der Waals surface area contributed by atoms with Crippen LogP contribution in [0.25, 0.3) is 0 Å². The van der Waals surface area contributed by atoms with Crippen molar-refractivity contribution in [1.82, 2.24) is 4.90 Å². The lowest BCUT2D eigenvalue weighted by atomic mass is 9.86. The summed E-state index contributed by atoms with van der Waals surface area (Å²) in [4.78, 5) is 15.4. The van der Waals surface area contributed by atoms with E-state index in [2.05, 4.69) is 23.5 Å². The highest BCUT2D eigenvalue weighted by molar-refractivity contribution is 6.42. The summed E-state index contributed by atoms with van der Waals surface area (Å²) < 4.78 is 0. The Morgan fingerprint density at radius 3 is 2.60 bits per heavy atom. The van der Waals surface area contributed by atoms with Crippen LogP contribution in [0.2, 0.25) is 10.0 Å². The number of rotatable bonds is 4. The quantitative estimate of drug-likeness (QED) is 0.451. The molecule has 3 aromatic rings. The van der Waals surface area contributed by atoms with Gasteiger partial charge >= 0.3 is 6.03 Å². The molecule has 0 saturated heterocycles. The minimum absolute atomic E-state index is 0.00780. The predicted molar refractivity (Wildman–Crippen MR) is 124 cm³/mol. The second-order valence-electron chi connectivity index (χ2n) is 7.73. The molecule has 3 aromatic carbocycles. The van der Waals surface area contributed by atoms with Gasteiger partial charge in [0, 0.05) is 12.2 Å². The summed E-state index contributed by atoms with van der Waals surface area (Å²) in [5.74, 6) is 0. The lowest BCUT2D eigenvalue weighted by molar-refractivity contribution is 0.175. The number of aryl methyl sites for hydroxylation is 2. The topological polar surface area (TPSA) is 32.3 Å². The lowest BCUT2D eigenvalue weighted by Crippen LogP contribution is -2.39. The molecule has 0 spiro atoms. The summed E-state index contributed by atoms with van der Waals surface area (Å²) in [5, 5.41) is 4.12. The maximum atomic E-state index is 13.5. The van der Waals surface area contributed by atoms with E-state index >= 15 is 0 Å². The average molecular weight is 439 g/mol. The Hall–Kier alpha value is -2.49. The molecule has 0 heterocycles. The summed E-state index contributed by atoms with van der Waals surface area (Å²) in [6, 6.07) is 21.7. The van der Waals surface area contributed by atoms with Crippen molar-refractivity contribution >= 4 is 34.9 Å². The van der Waals surface area contributed by atoms with Crippen molar-refractivity contribution < 1.29 is 4.79 Å². The maximum Gasteiger partial charge on any atom is 0.322 e. The number of para-hydroxylation sites is 1. The number of urea groups is 1. The molecule has 154 valence electrons. The lowest BCUT2D eigenvalue weighted by Gasteiger charge is -2.36. The second-order valence-corrected chi connectivity index (χ2v) is 8.54. The van der Waals surface area contributed by atoms with Crippen LogP contribution < -0.4 is 5.32 Å². The molecule has 1 atom stereocenters. The highest BCUT2D eigenvalue weighted by Crippen LogP contribution is 2.36. The second kappa shape index (κ2) is 9.11. The molecule has 0 radical (unpaired) electrons. The monoisotopic (exact) mass is 438 g/mol. The Balaban J connectivity index is 1.68. The standard InChI is InChI=1S/C25H24Cl2N2O/c1-17-7-2-5-11-23(17)28-25(30)29(16-18-13-14-21(26)22(27)15-18)24-12-6-9-19-8-3-4-10-20(19)24/h2-5,7-8,10-11,13-15,24H,6,9,12,16H2,1H3,(H,28,30).